The van der Waals surface area contributed by atoms with E-state index in [1.54, 1.807) is 4.90 Å². The number of carbonyl (C=O) groups excluding carboxylic acids is 1. The van der Waals surface area contributed by atoms with Gasteiger partial charge in [-0.05, 0) is 39.7 Å². The molecule has 1 aromatic rings. The topological polar surface area (TPSA) is 47.4 Å². The lowest BCUT2D eigenvalue weighted by Gasteiger charge is -2.33. The number of carbonyl (C=O) groups is 1. The minimum absolute atomic E-state index is 0.198. The smallest absolute Gasteiger partial charge is 0.410 e. The lowest BCUT2D eigenvalue weighted by atomic mass is 9.94. The lowest BCUT2D eigenvalue weighted by molar-refractivity contribution is 0.0203. The fourth-order valence-corrected chi connectivity index (χ4v) is 2.47. The van der Waals surface area contributed by atoms with Crippen molar-refractivity contribution in [1.82, 2.24) is 14.7 Å². The van der Waals surface area contributed by atoms with Crippen LogP contribution in [0, 0.1) is 0 Å². The van der Waals surface area contributed by atoms with Crippen molar-refractivity contribution < 1.29 is 9.53 Å². The maximum absolute atomic E-state index is 12.0. The largest absolute Gasteiger partial charge is 0.444 e. The van der Waals surface area contributed by atoms with Crippen molar-refractivity contribution in [3.05, 3.63) is 18.0 Å². The summed E-state index contributed by atoms with van der Waals surface area (Å²) in [6.07, 6.45) is 3.57. The number of ether oxygens (including phenoxy) is 1. The molecule has 5 nitrogen and oxygen atoms in total. The Morgan fingerprint density at radius 1 is 1.37 bits per heavy atom. The van der Waals surface area contributed by atoms with E-state index in [4.69, 9.17) is 4.74 Å². The average Bonchev–Trinajstić information content (AvgIpc) is 2.73. The average molecular weight is 265 g/mol. The number of hydrogen-bond acceptors (Lipinski definition) is 3. The molecule has 5 heteroatoms. The van der Waals surface area contributed by atoms with Crippen LogP contribution >= 0.6 is 0 Å². The minimum Gasteiger partial charge on any atom is -0.444 e. The molecule has 0 aromatic carbocycles. The molecule has 0 saturated carbocycles. The lowest BCUT2D eigenvalue weighted by Crippen LogP contribution is -2.41. The predicted molar refractivity (Wildman–Crippen MR) is 73.0 cm³/mol. The zero-order valence-corrected chi connectivity index (χ0v) is 12.2. The molecule has 19 heavy (non-hydrogen) atoms. The van der Waals surface area contributed by atoms with Crippen LogP contribution in [0.15, 0.2) is 12.3 Å². The summed E-state index contributed by atoms with van der Waals surface area (Å²) in [5.74, 6) is 0.492. The van der Waals surface area contributed by atoms with E-state index in [2.05, 4.69) is 11.2 Å². The fourth-order valence-electron chi connectivity index (χ4n) is 2.47. The summed E-state index contributed by atoms with van der Waals surface area (Å²) < 4.78 is 7.32. The Morgan fingerprint density at radius 2 is 2.00 bits per heavy atom. The van der Waals surface area contributed by atoms with Gasteiger partial charge in [-0.25, -0.2) is 4.79 Å². The van der Waals surface area contributed by atoms with Gasteiger partial charge in [0.05, 0.1) is 0 Å². The van der Waals surface area contributed by atoms with Crippen LogP contribution in [0.25, 0.3) is 0 Å². The van der Waals surface area contributed by atoms with Gasteiger partial charge in [0.25, 0.3) is 0 Å². The molecule has 1 aromatic heterocycles. The molecule has 0 bridgehead atoms. The number of nitrogens with zero attached hydrogens (tertiary/aromatic N) is 3. The van der Waals surface area contributed by atoms with Crippen molar-refractivity contribution in [3.8, 4) is 0 Å². The summed E-state index contributed by atoms with van der Waals surface area (Å²) in [7, 11) is 1.97. The molecule has 2 heterocycles. The highest BCUT2D eigenvalue weighted by atomic mass is 16.6. The number of hydrogen-bond donors (Lipinski definition) is 0. The molecule has 1 amide bonds. The van der Waals surface area contributed by atoms with Crippen molar-refractivity contribution in [2.75, 3.05) is 13.1 Å². The molecule has 2 rings (SSSR count). The summed E-state index contributed by atoms with van der Waals surface area (Å²) in [6.45, 7) is 7.20. The quantitative estimate of drug-likeness (QED) is 0.784. The molecule has 0 atom stereocenters. The first-order valence-electron chi connectivity index (χ1n) is 6.82. The van der Waals surface area contributed by atoms with Crippen molar-refractivity contribution in [2.45, 2.75) is 45.1 Å². The molecule has 0 radical (unpaired) electrons. The number of piperidine rings is 1. The van der Waals surface area contributed by atoms with E-state index in [1.165, 1.54) is 5.69 Å². The van der Waals surface area contributed by atoms with Gasteiger partial charge in [-0.2, -0.15) is 5.10 Å². The maximum Gasteiger partial charge on any atom is 0.410 e. The third kappa shape index (κ3) is 3.49. The number of aryl methyl sites for hydroxylation is 1. The van der Waals surface area contributed by atoms with E-state index in [0.717, 1.165) is 25.9 Å². The highest BCUT2D eigenvalue weighted by molar-refractivity contribution is 5.68. The molecular weight excluding hydrogens is 242 g/mol. The first-order chi connectivity index (χ1) is 8.87. The molecule has 0 spiro atoms. The SMILES string of the molecule is Cn1nccc1C1CCN(C(=O)OC(C)(C)C)CC1. The highest BCUT2D eigenvalue weighted by Gasteiger charge is 2.28. The van der Waals surface area contributed by atoms with Crippen LogP contribution in [0.2, 0.25) is 0 Å². The second kappa shape index (κ2) is 5.23. The highest BCUT2D eigenvalue weighted by Crippen LogP contribution is 2.28. The summed E-state index contributed by atoms with van der Waals surface area (Å²) >= 11 is 0. The standard InChI is InChI=1S/C14H23N3O2/c1-14(2,3)19-13(18)17-9-6-11(7-10-17)12-5-8-15-16(12)4/h5,8,11H,6-7,9-10H2,1-4H3. The maximum atomic E-state index is 12.0. The Labute approximate surface area is 114 Å². The molecule has 1 aliphatic heterocycles. The number of aromatic nitrogens is 2. The molecule has 106 valence electrons. The van der Waals surface area contributed by atoms with Crippen molar-refractivity contribution in [3.63, 3.8) is 0 Å². The van der Waals surface area contributed by atoms with E-state index >= 15 is 0 Å². The van der Waals surface area contributed by atoms with Gasteiger partial charge in [-0.15, -0.1) is 0 Å². The second-order valence-electron chi connectivity index (χ2n) is 6.12. The van der Waals surface area contributed by atoms with E-state index in [-0.39, 0.29) is 6.09 Å². The van der Waals surface area contributed by atoms with Gasteiger partial charge < -0.3 is 9.64 Å². The van der Waals surface area contributed by atoms with Crippen LogP contribution < -0.4 is 0 Å². The van der Waals surface area contributed by atoms with Gasteiger partial charge in [0.15, 0.2) is 0 Å². The van der Waals surface area contributed by atoms with Gasteiger partial charge >= 0.3 is 6.09 Å². The molecule has 1 aliphatic rings. The van der Waals surface area contributed by atoms with E-state index in [9.17, 15) is 4.79 Å². The zero-order valence-electron chi connectivity index (χ0n) is 12.2. The number of rotatable bonds is 1. The monoisotopic (exact) mass is 265 g/mol. The Balaban J connectivity index is 1.89. The first kappa shape index (κ1) is 13.9. The third-order valence-corrected chi connectivity index (χ3v) is 3.42. The van der Waals surface area contributed by atoms with E-state index in [0.29, 0.717) is 5.92 Å². The summed E-state index contributed by atoms with van der Waals surface area (Å²) in [5, 5.41) is 4.21. The van der Waals surface area contributed by atoms with Crippen LogP contribution in [0.5, 0.6) is 0 Å². The predicted octanol–water partition coefficient (Wildman–Crippen LogP) is 2.53. The molecule has 0 aliphatic carbocycles. The molecule has 1 saturated heterocycles. The summed E-state index contributed by atoms with van der Waals surface area (Å²) in [4.78, 5) is 13.8. The van der Waals surface area contributed by atoms with E-state index in [1.807, 2.05) is 38.7 Å². The Morgan fingerprint density at radius 3 is 2.47 bits per heavy atom. The fraction of sp³-hybridized carbons (Fsp3) is 0.714. The Hall–Kier alpha value is -1.52. The van der Waals surface area contributed by atoms with Gasteiger partial charge in [0.1, 0.15) is 5.60 Å². The van der Waals surface area contributed by atoms with Crippen LogP contribution in [0.3, 0.4) is 0 Å². The van der Waals surface area contributed by atoms with Crippen LogP contribution in [0.1, 0.15) is 45.2 Å². The number of amides is 1. The molecule has 0 unspecified atom stereocenters. The summed E-state index contributed by atoms with van der Waals surface area (Å²) in [5.41, 5.74) is 0.833. The second-order valence-corrected chi connectivity index (χ2v) is 6.12. The van der Waals surface area contributed by atoms with Crippen LogP contribution in [-0.2, 0) is 11.8 Å². The molecule has 1 fully saturated rings. The molecule has 0 N–H and O–H groups in total. The number of likely N-dealkylation sites (tertiary alicyclic amines) is 1. The summed E-state index contributed by atoms with van der Waals surface area (Å²) in [6, 6.07) is 2.06. The van der Waals surface area contributed by atoms with Gasteiger partial charge in [0, 0.05) is 37.9 Å². The van der Waals surface area contributed by atoms with Gasteiger partial charge in [-0.3, -0.25) is 4.68 Å². The van der Waals surface area contributed by atoms with Crippen molar-refractivity contribution in [2.24, 2.45) is 7.05 Å². The van der Waals surface area contributed by atoms with E-state index < -0.39 is 5.60 Å². The third-order valence-electron chi connectivity index (χ3n) is 3.42. The first-order valence-corrected chi connectivity index (χ1v) is 6.82. The normalized spacial score (nSPS) is 17.6. The van der Waals surface area contributed by atoms with Gasteiger partial charge in [0.2, 0.25) is 0 Å². The minimum atomic E-state index is -0.421. The van der Waals surface area contributed by atoms with Crippen molar-refractivity contribution in [1.29, 1.82) is 0 Å². The Kier molecular flexibility index (Phi) is 3.83. The van der Waals surface area contributed by atoms with Crippen LogP contribution in [0.4, 0.5) is 4.79 Å². The van der Waals surface area contributed by atoms with Crippen molar-refractivity contribution >= 4 is 6.09 Å². The Bertz CT molecular complexity index is 440. The van der Waals surface area contributed by atoms with Gasteiger partial charge in [-0.1, -0.05) is 0 Å². The zero-order chi connectivity index (χ0) is 14.0. The van der Waals surface area contributed by atoms with Crippen LogP contribution in [-0.4, -0.2) is 39.5 Å². The molecular formula is C14H23N3O2.